The van der Waals surface area contributed by atoms with Crippen molar-refractivity contribution in [2.75, 3.05) is 0 Å². The molecule has 0 N–H and O–H groups in total. The number of hydrogen-bond acceptors (Lipinski definition) is 1. The van der Waals surface area contributed by atoms with Crippen LogP contribution in [0.5, 0.6) is 0 Å². The molecule has 2 rings (SSSR count). The number of benzene rings is 1. The van der Waals surface area contributed by atoms with Crippen LogP contribution in [0.3, 0.4) is 0 Å². The first-order valence-electron chi connectivity index (χ1n) is 5.57. The van der Waals surface area contributed by atoms with Crippen LogP contribution >= 0.6 is 27.5 Å². The van der Waals surface area contributed by atoms with Gasteiger partial charge in [0.15, 0.2) is 0 Å². The number of halogens is 3. The summed E-state index contributed by atoms with van der Waals surface area (Å²) in [6, 6.07) is 8.78. The average Bonchev–Trinajstić information content (AvgIpc) is 2.35. The van der Waals surface area contributed by atoms with Gasteiger partial charge < -0.3 is 0 Å². The molecule has 1 unspecified atom stereocenters. The maximum Gasteiger partial charge on any atom is 0.142 e. The van der Waals surface area contributed by atoms with Gasteiger partial charge in [0.05, 0.1) is 5.02 Å². The van der Waals surface area contributed by atoms with Gasteiger partial charge in [0.1, 0.15) is 5.82 Å². The number of rotatable bonds is 3. The zero-order valence-electron chi connectivity index (χ0n) is 9.83. The molecular weight excluding hydrogens is 317 g/mol. The maximum atomic E-state index is 13.4. The Morgan fingerprint density at radius 1 is 1.39 bits per heavy atom. The van der Waals surface area contributed by atoms with E-state index < -0.39 is 5.82 Å². The van der Waals surface area contributed by atoms with E-state index >= 15 is 0 Å². The van der Waals surface area contributed by atoms with Crippen LogP contribution in [0.25, 0.3) is 0 Å². The summed E-state index contributed by atoms with van der Waals surface area (Å²) in [4.78, 5) is 4.36. The Morgan fingerprint density at radius 3 is 2.83 bits per heavy atom. The van der Waals surface area contributed by atoms with Crippen LogP contribution in [0.4, 0.5) is 4.39 Å². The fraction of sp³-hybridized carbons (Fsp3) is 0.214. The van der Waals surface area contributed by atoms with Crippen molar-refractivity contribution in [2.45, 2.75) is 18.2 Å². The van der Waals surface area contributed by atoms with Gasteiger partial charge in [0.2, 0.25) is 0 Å². The van der Waals surface area contributed by atoms with Crippen molar-refractivity contribution >= 4 is 27.5 Å². The number of aromatic nitrogens is 1. The van der Waals surface area contributed by atoms with Gasteiger partial charge in [0.25, 0.3) is 0 Å². The van der Waals surface area contributed by atoms with Crippen LogP contribution < -0.4 is 0 Å². The minimum Gasteiger partial charge on any atom is -0.261 e. The summed E-state index contributed by atoms with van der Waals surface area (Å²) in [6.45, 7) is 2.02. The highest BCUT2D eigenvalue weighted by Gasteiger charge is 2.12. The average molecular weight is 329 g/mol. The SMILES string of the molecule is Cc1cccnc1CC(Br)c1ccc(Cl)c(F)c1. The zero-order chi connectivity index (χ0) is 13.1. The fourth-order valence-corrected chi connectivity index (χ4v) is 2.44. The van der Waals surface area contributed by atoms with E-state index in [1.54, 1.807) is 12.3 Å². The van der Waals surface area contributed by atoms with Crippen molar-refractivity contribution < 1.29 is 4.39 Å². The topological polar surface area (TPSA) is 12.9 Å². The van der Waals surface area contributed by atoms with E-state index in [2.05, 4.69) is 20.9 Å². The summed E-state index contributed by atoms with van der Waals surface area (Å²) in [7, 11) is 0. The highest BCUT2D eigenvalue weighted by atomic mass is 79.9. The Labute approximate surface area is 119 Å². The number of nitrogens with zero attached hydrogens (tertiary/aromatic N) is 1. The van der Waals surface area contributed by atoms with Gasteiger partial charge in [-0.1, -0.05) is 39.7 Å². The largest absolute Gasteiger partial charge is 0.261 e. The lowest BCUT2D eigenvalue weighted by Crippen LogP contribution is -2.00. The van der Waals surface area contributed by atoms with Gasteiger partial charge in [-0.25, -0.2) is 4.39 Å². The third-order valence-electron chi connectivity index (χ3n) is 2.80. The molecule has 0 bridgehead atoms. The smallest absolute Gasteiger partial charge is 0.142 e. The van der Waals surface area contributed by atoms with E-state index in [0.717, 1.165) is 16.8 Å². The van der Waals surface area contributed by atoms with Crippen LogP contribution in [0.1, 0.15) is 21.6 Å². The molecule has 0 saturated carbocycles. The third kappa shape index (κ3) is 3.09. The minimum absolute atomic E-state index is 0.0258. The molecule has 1 nitrogen and oxygen atoms in total. The minimum atomic E-state index is -0.392. The highest BCUT2D eigenvalue weighted by Crippen LogP contribution is 2.29. The first-order valence-corrected chi connectivity index (χ1v) is 6.87. The van der Waals surface area contributed by atoms with E-state index in [4.69, 9.17) is 11.6 Å². The Balaban J connectivity index is 2.19. The second kappa shape index (κ2) is 5.81. The highest BCUT2D eigenvalue weighted by molar-refractivity contribution is 9.09. The van der Waals surface area contributed by atoms with Crippen LogP contribution in [0, 0.1) is 12.7 Å². The molecule has 1 aromatic heterocycles. The van der Waals surface area contributed by atoms with Gasteiger partial charge >= 0.3 is 0 Å². The Kier molecular flexibility index (Phi) is 4.36. The molecule has 0 aliphatic carbocycles. The number of pyridine rings is 1. The van der Waals surface area contributed by atoms with E-state index in [1.165, 1.54) is 6.07 Å². The monoisotopic (exact) mass is 327 g/mol. The van der Waals surface area contributed by atoms with Crippen LogP contribution in [-0.4, -0.2) is 4.98 Å². The molecule has 1 atom stereocenters. The molecule has 0 fully saturated rings. The first kappa shape index (κ1) is 13.5. The standard InChI is InChI=1S/C14H12BrClFN/c1-9-3-2-6-18-14(9)8-11(15)10-4-5-12(16)13(17)7-10/h2-7,11H,8H2,1H3. The number of alkyl halides is 1. The third-order valence-corrected chi connectivity index (χ3v) is 3.95. The molecule has 2 aromatic rings. The van der Waals surface area contributed by atoms with Crippen molar-refractivity contribution in [1.29, 1.82) is 0 Å². The predicted octanol–water partition coefficient (Wildman–Crippen LogP) is 4.86. The molecule has 1 heterocycles. The molecule has 0 radical (unpaired) electrons. The molecule has 94 valence electrons. The normalized spacial score (nSPS) is 12.4. The van der Waals surface area contributed by atoms with Crippen molar-refractivity contribution in [3.63, 3.8) is 0 Å². The van der Waals surface area contributed by atoms with Gasteiger partial charge in [-0.2, -0.15) is 0 Å². The van der Waals surface area contributed by atoms with Crippen molar-refractivity contribution in [3.05, 3.63) is 64.2 Å². The molecule has 0 spiro atoms. The molecule has 0 aliphatic heterocycles. The van der Waals surface area contributed by atoms with Gasteiger partial charge in [-0.3, -0.25) is 4.98 Å². The fourth-order valence-electron chi connectivity index (χ4n) is 1.73. The first-order chi connectivity index (χ1) is 8.58. The van der Waals surface area contributed by atoms with Gasteiger partial charge in [-0.15, -0.1) is 0 Å². The van der Waals surface area contributed by atoms with Crippen LogP contribution in [0.15, 0.2) is 36.5 Å². The predicted molar refractivity (Wildman–Crippen MR) is 75.8 cm³/mol. The van der Waals surface area contributed by atoms with Crippen LogP contribution in [0.2, 0.25) is 5.02 Å². The zero-order valence-corrected chi connectivity index (χ0v) is 12.2. The lowest BCUT2D eigenvalue weighted by molar-refractivity contribution is 0.625. The summed E-state index contributed by atoms with van der Waals surface area (Å²) in [5, 5.41) is 0.146. The van der Waals surface area contributed by atoms with Gasteiger partial charge in [0, 0.05) is 23.1 Å². The molecule has 18 heavy (non-hydrogen) atoms. The van der Waals surface area contributed by atoms with Gasteiger partial charge in [-0.05, 0) is 36.2 Å². The quantitative estimate of drug-likeness (QED) is 0.733. The molecule has 4 heteroatoms. The summed E-state index contributed by atoms with van der Waals surface area (Å²) in [5.74, 6) is -0.392. The van der Waals surface area contributed by atoms with E-state index in [0.29, 0.717) is 6.42 Å². The number of hydrogen-bond donors (Lipinski definition) is 0. The van der Waals surface area contributed by atoms with Crippen molar-refractivity contribution in [1.82, 2.24) is 4.98 Å². The van der Waals surface area contributed by atoms with Crippen molar-refractivity contribution in [3.8, 4) is 0 Å². The van der Waals surface area contributed by atoms with Crippen LogP contribution in [-0.2, 0) is 6.42 Å². The maximum absolute atomic E-state index is 13.4. The Bertz CT molecular complexity index is 559. The van der Waals surface area contributed by atoms with E-state index in [9.17, 15) is 4.39 Å². The molecule has 0 amide bonds. The summed E-state index contributed by atoms with van der Waals surface area (Å²) in [6.07, 6.45) is 2.48. The van der Waals surface area contributed by atoms with E-state index in [1.807, 2.05) is 25.1 Å². The summed E-state index contributed by atoms with van der Waals surface area (Å²) >= 11 is 9.23. The Morgan fingerprint density at radius 2 is 2.17 bits per heavy atom. The lowest BCUT2D eigenvalue weighted by atomic mass is 10.1. The second-order valence-corrected chi connectivity index (χ2v) is 5.62. The molecular formula is C14H12BrClFN. The summed E-state index contributed by atoms with van der Waals surface area (Å²) < 4.78 is 13.4. The molecule has 1 aromatic carbocycles. The molecule has 0 aliphatic rings. The Hall–Kier alpha value is -0.930. The number of aryl methyl sites for hydroxylation is 1. The van der Waals surface area contributed by atoms with E-state index in [-0.39, 0.29) is 9.85 Å². The second-order valence-electron chi connectivity index (χ2n) is 4.11. The summed E-state index contributed by atoms with van der Waals surface area (Å²) in [5.41, 5.74) is 3.01. The lowest BCUT2D eigenvalue weighted by Gasteiger charge is -2.11. The van der Waals surface area contributed by atoms with Crippen molar-refractivity contribution in [2.24, 2.45) is 0 Å². The molecule has 0 saturated heterocycles.